The van der Waals surface area contributed by atoms with Gasteiger partial charge in [0.15, 0.2) is 0 Å². The maximum Gasteiger partial charge on any atom is 0.253 e. The quantitative estimate of drug-likeness (QED) is 0.807. The van der Waals surface area contributed by atoms with Gasteiger partial charge in [0, 0.05) is 6.54 Å². The molecule has 0 fully saturated rings. The minimum absolute atomic E-state index is 0.0569. The van der Waals surface area contributed by atoms with Crippen LogP contribution in [0.5, 0.6) is 0 Å². The molecule has 8 heteroatoms. The van der Waals surface area contributed by atoms with E-state index in [4.69, 9.17) is 11.0 Å². The van der Waals surface area contributed by atoms with Crippen LogP contribution in [0.3, 0.4) is 0 Å². The zero-order chi connectivity index (χ0) is 14.5. The highest BCUT2D eigenvalue weighted by Crippen LogP contribution is 2.24. The van der Waals surface area contributed by atoms with Crippen molar-refractivity contribution in [1.29, 1.82) is 5.26 Å². The fraction of sp³-hybridized carbons (Fsp3) is 0.455. The van der Waals surface area contributed by atoms with E-state index in [-0.39, 0.29) is 17.3 Å². The predicted molar refractivity (Wildman–Crippen MR) is 71.9 cm³/mol. The summed E-state index contributed by atoms with van der Waals surface area (Å²) in [5.41, 5.74) is 5.08. The number of unbranched alkanes of at least 4 members (excludes halogenated alkanes) is 1. The molecule has 0 saturated heterocycles. The van der Waals surface area contributed by atoms with Crippen molar-refractivity contribution in [2.45, 2.75) is 24.0 Å². The lowest BCUT2D eigenvalue weighted by molar-refractivity contribution is -0.118. The Morgan fingerprint density at radius 3 is 2.68 bits per heavy atom. The zero-order valence-corrected chi connectivity index (χ0v) is 12.1. The van der Waals surface area contributed by atoms with E-state index in [9.17, 15) is 13.2 Å². The topological polar surface area (TPSA) is 104 Å². The van der Waals surface area contributed by atoms with Crippen molar-refractivity contribution >= 4 is 27.3 Å². The molecule has 1 aromatic heterocycles. The second kappa shape index (κ2) is 6.65. The van der Waals surface area contributed by atoms with E-state index in [1.165, 1.54) is 12.1 Å². The van der Waals surface area contributed by atoms with E-state index in [0.717, 1.165) is 22.1 Å². The number of amides is 1. The predicted octanol–water partition coefficient (Wildman–Crippen LogP) is 0.896. The first-order valence-corrected chi connectivity index (χ1v) is 7.96. The van der Waals surface area contributed by atoms with Gasteiger partial charge in [0.1, 0.15) is 15.2 Å². The molecule has 1 aromatic rings. The standard InChI is InChI=1S/C11H15N3O3S2/c1-2-3-6-14(8-10(13)15)19(16,17)11-5-4-9(7-12)18-11/h4-5H,2-3,6,8H2,1H3,(H2,13,15). The normalized spacial score (nSPS) is 11.4. The third-order valence-electron chi connectivity index (χ3n) is 2.38. The van der Waals surface area contributed by atoms with E-state index in [2.05, 4.69) is 0 Å². The van der Waals surface area contributed by atoms with Crippen molar-refractivity contribution in [1.82, 2.24) is 4.31 Å². The van der Waals surface area contributed by atoms with Crippen LogP contribution in [0.2, 0.25) is 0 Å². The maximum atomic E-state index is 12.3. The van der Waals surface area contributed by atoms with Crippen molar-refractivity contribution in [3.8, 4) is 6.07 Å². The number of sulfonamides is 1. The SMILES string of the molecule is CCCCN(CC(N)=O)S(=O)(=O)c1ccc(C#N)s1. The number of rotatable bonds is 7. The Hall–Kier alpha value is -1.43. The van der Waals surface area contributed by atoms with Gasteiger partial charge < -0.3 is 5.73 Å². The third-order valence-corrected chi connectivity index (χ3v) is 5.68. The van der Waals surface area contributed by atoms with Gasteiger partial charge in [0.25, 0.3) is 10.0 Å². The van der Waals surface area contributed by atoms with Crippen molar-refractivity contribution in [2.24, 2.45) is 5.73 Å². The monoisotopic (exact) mass is 301 g/mol. The molecule has 1 rings (SSSR count). The number of carbonyl (C=O) groups excluding carboxylic acids is 1. The molecule has 0 aliphatic carbocycles. The van der Waals surface area contributed by atoms with E-state index in [1.807, 2.05) is 13.0 Å². The van der Waals surface area contributed by atoms with Crippen LogP contribution in [-0.4, -0.2) is 31.7 Å². The van der Waals surface area contributed by atoms with Gasteiger partial charge in [0.05, 0.1) is 6.54 Å². The highest BCUT2D eigenvalue weighted by molar-refractivity contribution is 7.91. The van der Waals surface area contributed by atoms with Gasteiger partial charge in [-0.3, -0.25) is 4.79 Å². The molecule has 1 amide bonds. The Balaban J connectivity index is 3.04. The zero-order valence-electron chi connectivity index (χ0n) is 10.5. The molecule has 0 atom stereocenters. The van der Waals surface area contributed by atoms with Gasteiger partial charge in [0.2, 0.25) is 5.91 Å². The van der Waals surface area contributed by atoms with Gasteiger partial charge in [-0.1, -0.05) is 13.3 Å². The first-order valence-electron chi connectivity index (χ1n) is 5.70. The molecule has 0 radical (unpaired) electrons. The Morgan fingerprint density at radius 2 is 2.21 bits per heavy atom. The molecular weight excluding hydrogens is 286 g/mol. The Labute approximate surface area is 116 Å². The summed E-state index contributed by atoms with van der Waals surface area (Å²) < 4.78 is 25.8. The number of hydrogen-bond acceptors (Lipinski definition) is 5. The van der Waals surface area contributed by atoms with Crippen LogP contribution in [0.4, 0.5) is 0 Å². The minimum atomic E-state index is -3.76. The smallest absolute Gasteiger partial charge is 0.253 e. The molecule has 0 saturated carbocycles. The molecular formula is C11H15N3O3S2. The summed E-state index contributed by atoms with van der Waals surface area (Å²) >= 11 is 0.886. The van der Waals surface area contributed by atoms with E-state index >= 15 is 0 Å². The summed E-state index contributed by atoms with van der Waals surface area (Å²) in [5.74, 6) is -0.697. The first-order chi connectivity index (χ1) is 8.91. The molecule has 19 heavy (non-hydrogen) atoms. The second-order valence-electron chi connectivity index (χ2n) is 3.89. The molecule has 0 spiro atoms. The minimum Gasteiger partial charge on any atom is -0.369 e. The van der Waals surface area contributed by atoms with E-state index in [0.29, 0.717) is 11.3 Å². The van der Waals surface area contributed by atoms with Crippen LogP contribution in [0.25, 0.3) is 0 Å². The van der Waals surface area contributed by atoms with Crippen LogP contribution in [-0.2, 0) is 14.8 Å². The summed E-state index contributed by atoms with van der Waals surface area (Å²) in [6, 6.07) is 4.70. The number of carbonyl (C=O) groups is 1. The summed E-state index contributed by atoms with van der Waals surface area (Å²) in [4.78, 5) is 11.3. The number of thiophene rings is 1. The lowest BCUT2D eigenvalue weighted by atomic mass is 10.3. The van der Waals surface area contributed by atoms with Crippen LogP contribution in [0, 0.1) is 11.3 Å². The molecule has 0 aliphatic heterocycles. The lowest BCUT2D eigenvalue weighted by Gasteiger charge is -2.19. The van der Waals surface area contributed by atoms with Crippen LogP contribution in [0.15, 0.2) is 16.3 Å². The Morgan fingerprint density at radius 1 is 1.53 bits per heavy atom. The fourth-order valence-corrected chi connectivity index (χ4v) is 4.14. The van der Waals surface area contributed by atoms with Gasteiger partial charge in [-0.25, -0.2) is 8.42 Å². The summed E-state index contributed by atoms with van der Waals surface area (Å²) in [6.07, 6.45) is 1.45. The largest absolute Gasteiger partial charge is 0.369 e. The molecule has 0 aliphatic rings. The molecule has 1 heterocycles. The first kappa shape index (κ1) is 15.6. The molecule has 104 valence electrons. The molecule has 2 N–H and O–H groups in total. The Kier molecular flexibility index (Phi) is 5.47. The molecule has 6 nitrogen and oxygen atoms in total. The van der Waals surface area contributed by atoms with Crippen molar-refractivity contribution < 1.29 is 13.2 Å². The van der Waals surface area contributed by atoms with Gasteiger partial charge >= 0.3 is 0 Å². The number of hydrogen-bond donors (Lipinski definition) is 1. The fourth-order valence-electron chi connectivity index (χ4n) is 1.44. The molecule has 0 aromatic carbocycles. The van der Waals surface area contributed by atoms with Crippen molar-refractivity contribution in [3.05, 3.63) is 17.0 Å². The summed E-state index contributed by atoms with van der Waals surface area (Å²) in [5, 5.41) is 8.72. The summed E-state index contributed by atoms with van der Waals surface area (Å²) in [7, 11) is -3.76. The lowest BCUT2D eigenvalue weighted by Crippen LogP contribution is -2.38. The number of primary amides is 1. The van der Waals surface area contributed by atoms with E-state index < -0.39 is 15.9 Å². The molecule has 0 unspecified atom stereocenters. The maximum absolute atomic E-state index is 12.3. The van der Waals surface area contributed by atoms with Crippen molar-refractivity contribution in [3.63, 3.8) is 0 Å². The van der Waals surface area contributed by atoms with E-state index in [1.54, 1.807) is 0 Å². The summed E-state index contributed by atoms with van der Waals surface area (Å²) in [6.45, 7) is 1.82. The van der Waals surface area contributed by atoms with Crippen LogP contribution < -0.4 is 5.73 Å². The highest BCUT2D eigenvalue weighted by atomic mass is 32.2. The average Bonchev–Trinajstić information content (AvgIpc) is 2.83. The molecule has 0 bridgehead atoms. The number of nitrogens with two attached hydrogens (primary N) is 1. The van der Waals surface area contributed by atoms with Gasteiger partial charge in [-0.15, -0.1) is 11.3 Å². The van der Waals surface area contributed by atoms with Crippen LogP contribution >= 0.6 is 11.3 Å². The van der Waals surface area contributed by atoms with Gasteiger partial charge in [-0.05, 0) is 18.6 Å². The Bertz CT molecular complexity index is 587. The van der Waals surface area contributed by atoms with Crippen LogP contribution in [0.1, 0.15) is 24.6 Å². The number of nitrogens with zero attached hydrogens (tertiary/aromatic N) is 2. The number of nitriles is 1. The second-order valence-corrected chi connectivity index (χ2v) is 7.14. The average molecular weight is 301 g/mol. The van der Waals surface area contributed by atoms with Gasteiger partial charge in [-0.2, -0.15) is 9.57 Å². The third kappa shape index (κ3) is 4.02. The highest BCUT2D eigenvalue weighted by Gasteiger charge is 2.27. The van der Waals surface area contributed by atoms with Crippen molar-refractivity contribution in [2.75, 3.05) is 13.1 Å².